The third kappa shape index (κ3) is 4.39. The maximum atomic E-state index is 12.6. The Morgan fingerprint density at radius 1 is 1.16 bits per heavy atom. The lowest BCUT2D eigenvalue weighted by atomic mass is 10.1. The fourth-order valence-electron chi connectivity index (χ4n) is 2.35. The molecule has 0 bridgehead atoms. The van der Waals surface area contributed by atoms with Crippen LogP contribution in [0.3, 0.4) is 0 Å². The van der Waals surface area contributed by atoms with E-state index in [9.17, 15) is 13.2 Å². The van der Waals surface area contributed by atoms with Gasteiger partial charge >= 0.3 is 0 Å². The second kappa shape index (κ2) is 7.56. The number of rotatable bonds is 5. The summed E-state index contributed by atoms with van der Waals surface area (Å²) in [6, 6.07) is 10.3. The molecule has 1 amide bonds. The van der Waals surface area contributed by atoms with Crippen molar-refractivity contribution in [2.75, 3.05) is 18.9 Å². The number of hydrogen-bond donors (Lipinski definition) is 1. The first-order valence-electron chi connectivity index (χ1n) is 7.71. The van der Waals surface area contributed by atoms with E-state index in [0.717, 1.165) is 21.0 Å². The molecule has 0 spiro atoms. The second-order valence-corrected chi connectivity index (χ2v) is 8.41. The number of nitrogens with zero attached hydrogens (tertiary/aromatic N) is 1. The zero-order valence-corrected chi connectivity index (χ0v) is 16.2. The van der Waals surface area contributed by atoms with Crippen molar-refractivity contribution in [2.45, 2.75) is 25.7 Å². The minimum atomic E-state index is -3.85. The summed E-state index contributed by atoms with van der Waals surface area (Å²) >= 11 is 6.06. The Morgan fingerprint density at radius 2 is 1.84 bits per heavy atom. The average Bonchev–Trinajstić information content (AvgIpc) is 2.51. The molecule has 0 unspecified atom stereocenters. The molecule has 0 saturated heterocycles. The van der Waals surface area contributed by atoms with Crippen LogP contribution < -0.4 is 5.32 Å². The number of anilines is 1. The summed E-state index contributed by atoms with van der Waals surface area (Å²) in [5, 5.41) is 2.89. The first kappa shape index (κ1) is 19.4. The Kier molecular flexibility index (Phi) is 5.87. The summed E-state index contributed by atoms with van der Waals surface area (Å²) in [4.78, 5) is 12.2. The van der Waals surface area contributed by atoms with E-state index in [2.05, 4.69) is 5.32 Å². The number of carbonyl (C=O) groups excluding carboxylic acids is 1. The van der Waals surface area contributed by atoms with Crippen LogP contribution in [0.5, 0.6) is 0 Å². The largest absolute Gasteiger partial charge is 0.325 e. The van der Waals surface area contributed by atoms with Gasteiger partial charge in [-0.15, -0.1) is 0 Å². The lowest BCUT2D eigenvalue weighted by molar-refractivity contribution is -0.116. The molecule has 7 heteroatoms. The molecule has 2 rings (SSSR count). The molecular weight excluding hydrogens is 360 g/mol. The highest BCUT2D eigenvalue weighted by molar-refractivity contribution is 7.89. The van der Waals surface area contributed by atoms with Gasteiger partial charge in [0.1, 0.15) is 4.90 Å². The van der Waals surface area contributed by atoms with E-state index in [1.807, 2.05) is 32.9 Å². The lowest BCUT2D eigenvalue weighted by Crippen LogP contribution is -2.35. The molecule has 0 radical (unpaired) electrons. The van der Waals surface area contributed by atoms with Gasteiger partial charge < -0.3 is 5.32 Å². The fourth-order valence-corrected chi connectivity index (χ4v) is 4.04. The van der Waals surface area contributed by atoms with E-state index in [1.54, 1.807) is 18.2 Å². The predicted molar refractivity (Wildman–Crippen MR) is 101 cm³/mol. The summed E-state index contributed by atoms with van der Waals surface area (Å²) in [6.07, 6.45) is 0. The number of hydrogen-bond acceptors (Lipinski definition) is 3. The molecule has 0 aliphatic carbocycles. The van der Waals surface area contributed by atoms with Crippen LogP contribution in [0, 0.1) is 20.8 Å². The van der Waals surface area contributed by atoms with E-state index in [0.29, 0.717) is 5.69 Å². The molecule has 134 valence electrons. The SMILES string of the molecule is Cc1ccc(S(=O)(=O)N(C)CC(=O)Nc2cccc(C)c2C)c(Cl)c1. The fraction of sp³-hybridized carbons (Fsp3) is 0.278. The number of benzene rings is 2. The molecule has 1 N–H and O–H groups in total. The number of likely N-dealkylation sites (N-methyl/N-ethyl adjacent to an activating group) is 1. The summed E-state index contributed by atoms with van der Waals surface area (Å²) < 4.78 is 26.3. The molecular formula is C18H21ClN2O3S. The first-order chi connectivity index (χ1) is 11.6. The Hall–Kier alpha value is -1.89. The molecule has 0 saturated carbocycles. The summed E-state index contributed by atoms with van der Waals surface area (Å²) in [7, 11) is -2.50. The average molecular weight is 381 g/mol. The van der Waals surface area contributed by atoms with Gasteiger partial charge in [-0.25, -0.2) is 8.42 Å². The molecule has 5 nitrogen and oxygen atoms in total. The molecule has 0 aromatic heterocycles. The van der Waals surface area contributed by atoms with E-state index in [4.69, 9.17) is 11.6 Å². The third-order valence-corrected chi connectivity index (χ3v) is 6.31. The highest BCUT2D eigenvalue weighted by Crippen LogP contribution is 2.25. The van der Waals surface area contributed by atoms with Crippen LogP contribution in [0.4, 0.5) is 5.69 Å². The summed E-state index contributed by atoms with van der Waals surface area (Å²) in [5.74, 6) is -0.414. The predicted octanol–water partition coefficient (Wildman–Crippen LogP) is 3.52. The van der Waals surface area contributed by atoms with E-state index in [-0.39, 0.29) is 16.5 Å². The van der Waals surface area contributed by atoms with Gasteiger partial charge in [0.2, 0.25) is 15.9 Å². The zero-order chi connectivity index (χ0) is 18.8. The zero-order valence-electron chi connectivity index (χ0n) is 14.6. The molecule has 2 aromatic rings. The van der Waals surface area contributed by atoms with Crippen LogP contribution >= 0.6 is 11.6 Å². The van der Waals surface area contributed by atoms with Crippen molar-refractivity contribution in [2.24, 2.45) is 0 Å². The van der Waals surface area contributed by atoms with E-state index >= 15 is 0 Å². The van der Waals surface area contributed by atoms with Crippen molar-refractivity contribution in [1.82, 2.24) is 4.31 Å². The molecule has 0 aliphatic heterocycles. The molecule has 2 aromatic carbocycles. The van der Waals surface area contributed by atoms with Crippen molar-refractivity contribution in [1.29, 1.82) is 0 Å². The molecule has 0 atom stereocenters. The summed E-state index contributed by atoms with van der Waals surface area (Å²) in [6.45, 7) is 5.36. The van der Waals surface area contributed by atoms with Crippen LogP contribution in [-0.4, -0.2) is 32.2 Å². The van der Waals surface area contributed by atoms with Gasteiger partial charge in [0, 0.05) is 12.7 Å². The molecule has 0 heterocycles. The minimum absolute atomic E-state index is 0.0122. The lowest BCUT2D eigenvalue weighted by Gasteiger charge is -2.18. The van der Waals surface area contributed by atoms with Crippen LogP contribution in [0.2, 0.25) is 5.02 Å². The van der Waals surface area contributed by atoms with Crippen molar-refractivity contribution < 1.29 is 13.2 Å². The first-order valence-corrected chi connectivity index (χ1v) is 9.53. The van der Waals surface area contributed by atoms with Gasteiger partial charge in [0.05, 0.1) is 11.6 Å². The van der Waals surface area contributed by atoms with E-state index in [1.165, 1.54) is 13.1 Å². The van der Waals surface area contributed by atoms with Crippen molar-refractivity contribution >= 4 is 33.2 Å². The van der Waals surface area contributed by atoms with Gasteiger partial charge in [-0.1, -0.05) is 29.8 Å². The molecule has 25 heavy (non-hydrogen) atoms. The van der Waals surface area contributed by atoms with E-state index < -0.39 is 15.9 Å². The van der Waals surface area contributed by atoms with Crippen molar-refractivity contribution in [3.05, 3.63) is 58.1 Å². The quantitative estimate of drug-likeness (QED) is 0.862. The van der Waals surface area contributed by atoms with Gasteiger partial charge in [-0.2, -0.15) is 4.31 Å². The number of amides is 1. The van der Waals surface area contributed by atoms with Crippen molar-refractivity contribution in [3.8, 4) is 0 Å². The van der Waals surface area contributed by atoms with Crippen LogP contribution in [-0.2, 0) is 14.8 Å². The number of sulfonamides is 1. The van der Waals surface area contributed by atoms with Crippen LogP contribution in [0.25, 0.3) is 0 Å². The Labute approximate surface area is 153 Å². The van der Waals surface area contributed by atoms with Gasteiger partial charge in [0.25, 0.3) is 0 Å². The standard InChI is InChI=1S/C18H21ClN2O3S/c1-12-8-9-17(15(19)10-12)25(23,24)21(4)11-18(22)20-16-7-5-6-13(2)14(16)3/h5-10H,11H2,1-4H3,(H,20,22). The second-order valence-electron chi connectivity index (χ2n) is 5.99. The maximum Gasteiger partial charge on any atom is 0.244 e. The van der Waals surface area contributed by atoms with Gasteiger partial charge in [0.15, 0.2) is 0 Å². The topological polar surface area (TPSA) is 66.5 Å². The highest BCUT2D eigenvalue weighted by Gasteiger charge is 2.25. The van der Waals surface area contributed by atoms with Crippen LogP contribution in [0.1, 0.15) is 16.7 Å². The smallest absolute Gasteiger partial charge is 0.244 e. The molecule has 0 fully saturated rings. The number of carbonyl (C=O) groups is 1. The number of halogens is 1. The number of nitrogens with one attached hydrogen (secondary N) is 1. The minimum Gasteiger partial charge on any atom is -0.325 e. The monoisotopic (exact) mass is 380 g/mol. The van der Waals surface area contributed by atoms with Crippen LogP contribution in [0.15, 0.2) is 41.3 Å². The number of aryl methyl sites for hydroxylation is 2. The Morgan fingerprint density at radius 3 is 2.48 bits per heavy atom. The van der Waals surface area contributed by atoms with Gasteiger partial charge in [-0.05, 0) is 55.7 Å². The highest BCUT2D eigenvalue weighted by atomic mass is 35.5. The van der Waals surface area contributed by atoms with Gasteiger partial charge in [-0.3, -0.25) is 4.79 Å². The maximum absolute atomic E-state index is 12.6. The molecule has 0 aliphatic rings. The normalized spacial score (nSPS) is 11.6. The third-order valence-electron chi connectivity index (χ3n) is 4.02. The Balaban J connectivity index is 2.16. The van der Waals surface area contributed by atoms with Crippen molar-refractivity contribution in [3.63, 3.8) is 0 Å². The summed E-state index contributed by atoms with van der Waals surface area (Å²) in [5.41, 5.74) is 3.52. The Bertz CT molecular complexity index is 911.